The molecule has 98 valence electrons. The Kier molecular flexibility index (Phi) is 3.66. The van der Waals surface area contributed by atoms with E-state index in [0.29, 0.717) is 0 Å². The van der Waals surface area contributed by atoms with E-state index in [2.05, 4.69) is 10.3 Å². The number of phenols is 2. The zero-order chi connectivity index (χ0) is 13.8. The van der Waals surface area contributed by atoms with Crippen molar-refractivity contribution in [1.29, 1.82) is 0 Å². The van der Waals surface area contributed by atoms with Gasteiger partial charge in [-0.2, -0.15) is 0 Å². The Balaban J connectivity index is 2.16. The van der Waals surface area contributed by atoms with Gasteiger partial charge in [0.25, 0.3) is 5.91 Å². The molecule has 0 saturated heterocycles. The number of carbonyl (C=O) groups is 1. The van der Waals surface area contributed by atoms with Gasteiger partial charge in [0.05, 0.1) is 11.6 Å². The number of benzene rings is 1. The molecule has 0 aliphatic carbocycles. The van der Waals surface area contributed by atoms with Gasteiger partial charge in [0, 0.05) is 12.4 Å². The second kappa shape index (κ2) is 5.39. The van der Waals surface area contributed by atoms with Crippen molar-refractivity contribution in [3.63, 3.8) is 0 Å². The number of aromatic nitrogens is 1. The van der Waals surface area contributed by atoms with E-state index < -0.39 is 11.7 Å². The molecule has 0 radical (unpaired) electrons. The Hall–Kier alpha value is -2.56. The Morgan fingerprint density at radius 1 is 1.26 bits per heavy atom. The molecule has 1 atom stereocenters. The van der Waals surface area contributed by atoms with E-state index in [1.807, 2.05) is 13.0 Å². The summed E-state index contributed by atoms with van der Waals surface area (Å²) in [4.78, 5) is 16.0. The number of hydrogen-bond donors (Lipinski definition) is 3. The van der Waals surface area contributed by atoms with Crippen molar-refractivity contribution < 1.29 is 15.0 Å². The predicted molar refractivity (Wildman–Crippen MR) is 69.9 cm³/mol. The minimum absolute atomic E-state index is 0.0377. The van der Waals surface area contributed by atoms with Crippen molar-refractivity contribution in [1.82, 2.24) is 10.3 Å². The van der Waals surface area contributed by atoms with E-state index in [-0.39, 0.29) is 17.4 Å². The smallest absolute Gasteiger partial charge is 0.255 e. The summed E-state index contributed by atoms with van der Waals surface area (Å²) >= 11 is 0. The maximum Gasteiger partial charge on any atom is 0.255 e. The number of carbonyl (C=O) groups excluding carboxylic acids is 1. The summed E-state index contributed by atoms with van der Waals surface area (Å²) in [5, 5.41) is 21.7. The molecule has 1 aromatic heterocycles. The zero-order valence-corrected chi connectivity index (χ0v) is 10.4. The van der Waals surface area contributed by atoms with E-state index in [1.54, 1.807) is 18.5 Å². The first-order valence-corrected chi connectivity index (χ1v) is 5.81. The summed E-state index contributed by atoms with van der Waals surface area (Å²) in [6.45, 7) is 1.81. The topological polar surface area (TPSA) is 82.5 Å². The number of rotatable bonds is 3. The maximum absolute atomic E-state index is 12.0. The van der Waals surface area contributed by atoms with Crippen molar-refractivity contribution in [3.8, 4) is 11.5 Å². The Morgan fingerprint density at radius 3 is 2.74 bits per heavy atom. The first-order chi connectivity index (χ1) is 9.09. The highest BCUT2D eigenvalue weighted by Crippen LogP contribution is 2.28. The van der Waals surface area contributed by atoms with E-state index in [1.165, 1.54) is 18.2 Å². The Morgan fingerprint density at radius 2 is 2.05 bits per heavy atom. The average molecular weight is 258 g/mol. The summed E-state index contributed by atoms with van der Waals surface area (Å²) in [5.41, 5.74) is 0.895. The van der Waals surface area contributed by atoms with Crippen LogP contribution in [0.3, 0.4) is 0 Å². The van der Waals surface area contributed by atoms with E-state index in [4.69, 9.17) is 0 Å². The average Bonchev–Trinajstić information content (AvgIpc) is 2.42. The van der Waals surface area contributed by atoms with Crippen LogP contribution in [0, 0.1) is 0 Å². The first kappa shape index (κ1) is 12.9. The summed E-state index contributed by atoms with van der Waals surface area (Å²) in [6.07, 6.45) is 3.31. The largest absolute Gasteiger partial charge is 0.504 e. The number of para-hydroxylation sites is 1. The van der Waals surface area contributed by atoms with E-state index in [0.717, 1.165) is 5.56 Å². The highest BCUT2D eigenvalue weighted by molar-refractivity contribution is 5.97. The van der Waals surface area contributed by atoms with Crippen LogP contribution in [-0.4, -0.2) is 21.1 Å². The van der Waals surface area contributed by atoms with Crippen LogP contribution in [0.15, 0.2) is 42.7 Å². The van der Waals surface area contributed by atoms with Gasteiger partial charge in [-0.1, -0.05) is 12.1 Å². The molecule has 19 heavy (non-hydrogen) atoms. The molecule has 2 aromatic rings. The predicted octanol–water partition coefficient (Wildman–Crippen LogP) is 1.98. The van der Waals surface area contributed by atoms with Gasteiger partial charge in [0.15, 0.2) is 11.5 Å². The molecule has 0 spiro atoms. The van der Waals surface area contributed by atoms with Crippen molar-refractivity contribution in [2.75, 3.05) is 0 Å². The summed E-state index contributed by atoms with van der Waals surface area (Å²) in [6, 6.07) is 7.64. The second-order valence-electron chi connectivity index (χ2n) is 4.15. The zero-order valence-electron chi connectivity index (χ0n) is 10.4. The van der Waals surface area contributed by atoms with Gasteiger partial charge in [-0.3, -0.25) is 9.78 Å². The van der Waals surface area contributed by atoms with Gasteiger partial charge >= 0.3 is 0 Å². The minimum atomic E-state index is -0.454. The molecule has 2 rings (SSSR count). The highest BCUT2D eigenvalue weighted by atomic mass is 16.3. The summed E-state index contributed by atoms with van der Waals surface area (Å²) in [7, 11) is 0. The van der Waals surface area contributed by atoms with Crippen LogP contribution >= 0.6 is 0 Å². The third-order valence-electron chi connectivity index (χ3n) is 2.79. The lowest BCUT2D eigenvalue weighted by molar-refractivity contribution is 0.0936. The van der Waals surface area contributed by atoms with Crippen molar-refractivity contribution in [2.24, 2.45) is 0 Å². The van der Waals surface area contributed by atoms with Crippen LogP contribution in [-0.2, 0) is 0 Å². The fourth-order valence-corrected chi connectivity index (χ4v) is 1.70. The molecule has 0 bridgehead atoms. The van der Waals surface area contributed by atoms with E-state index in [9.17, 15) is 15.0 Å². The summed E-state index contributed by atoms with van der Waals surface area (Å²) < 4.78 is 0. The fourth-order valence-electron chi connectivity index (χ4n) is 1.70. The Labute approximate surface area is 110 Å². The Bertz CT molecular complexity index is 584. The summed E-state index contributed by atoms with van der Waals surface area (Å²) in [5.74, 6) is -1.19. The van der Waals surface area contributed by atoms with Crippen LogP contribution in [0.1, 0.15) is 28.9 Å². The lowest BCUT2D eigenvalue weighted by Gasteiger charge is -2.14. The number of nitrogens with one attached hydrogen (secondary N) is 1. The molecule has 1 heterocycles. The number of amides is 1. The SMILES string of the molecule is CC(NC(=O)c1cccc(O)c1O)c1cccnc1. The molecular weight excluding hydrogens is 244 g/mol. The lowest BCUT2D eigenvalue weighted by Crippen LogP contribution is -2.26. The standard InChI is InChI=1S/C14H14N2O3/c1-9(10-4-3-7-15-8-10)16-14(19)11-5-2-6-12(17)13(11)18/h2-9,17-18H,1H3,(H,16,19). The molecule has 5 heteroatoms. The van der Waals surface area contributed by atoms with Crippen molar-refractivity contribution >= 4 is 5.91 Å². The lowest BCUT2D eigenvalue weighted by atomic mass is 10.1. The number of phenolic OH excluding ortho intramolecular Hbond substituents is 2. The second-order valence-corrected chi connectivity index (χ2v) is 4.15. The van der Waals surface area contributed by atoms with Crippen LogP contribution in [0.25, 0.3) is 0 Å². The molecule has 0 saturated carbocycles. The molecule has 0 fully saturated rings. The monoisotopic (exact) mass is 258 g/mol. The van der Waals surface area contributed by atoms with Gasteiger partial charge in [-0.25, -0.2) is 0 Å². The van der Waals surface area contributed by atoms with Gasteiger partial charge in [0.2, 0.25) is 0 Å². The molecule has 1 unspecified atom stereocenters. The number of pyridine rings is 1. The quantitative estimate of drug-likeness (QED) is 0.735. The van der Waals surface area contributed by atoms with Gasteiger partial charge in [0.1, 0.15) is 0 Å². The number of nitrogens with zero attached hydrogens (tertiary/aromatic N) is 1. The molecule has 5 nitrogen and oxygen atoms in total. The van der Waals surface area contributed by atoms with E-state index >= 15 is 0 Å². The molecular formula is C14H14N2O3. The fraction of sp³-hybridized carbons (Fsp3) is 0.143. The van der Waals surface area contributed by atoms with Crippen LogP contribution in [0.5, 0.6) is 11.5 Å². The molecule has 0 aliphatic rings. The first-order valence-electron chi connectivity index (χ1n) is 5.81. The van der Waals surface area contributed by atoms with Crippen molar-refractivity contribution in [2.45, 2.75) is 13.0 Å². The van der Waals surface area contributed by atoms with Crippen LogP contribution in [0.2, 0.25) is 0 Å². The maximum atomic E-state index is 12.0. The van der Waals surface area contributed by atoms with Gasteiger partial charge in [-0.05, 0) is 30.7 Å². The van der Waals surface area contributed by atoms with Crippen LogP contribution in [0.4, 0.5) is 0 Å². The van der Waals surface area contributed by atoms with Gasteiger partial charge in [-0.15, -0.1) is 0 Å². The molecule has 0 aliphatic heterocycles. The molecule has 1 amide bonds. The van der Waals surface area contributed by atoms with Crippen molar-refractivity contribution in [3.05, 3.63) is 53.9 Å². The third-order valence-corrected chi connectivity index (χ3v) is 2.79. The third kappa shape index (κ3) is 2.82. The number of hydrogen-bond acceptors (Lipinski definition) is 4. The van der Waals surface area contributed by atoms with Crippen LogP contribution < -0.4 is 5.32 Å². The van der Waals surface area contributed by atoms with Gasteiger partial charge < -0.3 is 15.5 Å². The molecule has 3 N–H and O–H groups in total. The number of aromatic hydroxyl groups is 2. The minimum Gasteiger partial charge on any atom is -0.504 e. The molecule has 1 aromatic carbocycles. The normalized spacial score (nSPS) is 11.8. The highest BCUT2D eigenvalue weighted by Gasteiger charge is 2.16.